The van der Waals surface area contributed by atoms with Gasteiger partial charge in [0, 0.05) is 5.39 Å². The van der Waals surface area contributed by atoms with E-state index in [1.54, 1.807) is 12.1 Å². The number of hydrogen-bond acceptors (Lipinski definition) is 4. The van der Waals surface area contributed by atoms with E-state index < -0.39 is 10.1 Å². The third kappa shape index (κ3) is 3.91. The fourth-order valence-electron chi connectivity index (χ4n) is 2.14. The first kappa shape index (κ1) is 18.4. The smallest absolute Gasteiger partial charge is 0.282 e. The maximum atomic E-state index is 11.2. The van der Waals surface area contributed by atoms with Crippen LogP contribution in [0.3, 0.4) is 0 Å². The van der Waals surface area contributed by atoms with Crippen LogP contribution in [-0.2, 0) is 10.1 Å². The highest BCUT2D eigenvalue weighted by atomic mass is 35.5. The van der Waals surface area contributed by atoms with Gasteiger partial charge in [0.25, 0.3) is 10.1 Å². The first-order valence-electron chi connectivity index (χ1n) is 6.62. The van der Waals surface area contributed by atoms with Gasteiger partial charge >= 0.3 is 0 Å². The van der Waals surface area contributed by atoms with Gasteiger partial charge in [-0.2, -0.15) is 13.5 Å². The van der Waals surface area contributed by atoms with Crippen molar-refractivity contribution in [2.24, 2.45) is 10.2 Å². The molecule has 0 heterocycles. The van der Waals surface area contributed by atoms with Gasteiger partial charge in [-0.3, -0.25) is 4.55 Å². The van der Waals surface area contributed by atoms with Crippen molar-refractivity contribution in [3.63, 3.8) is 0 Å². The fraction of sp³-hybridized carbons (Fsp3) is 0. The van der Waals surface area contributed by atoms with Crippen LogP contribution in [0.15, 0.2) is 75.8 Å². The van der Waals surface area contributed by atoms with Crippen molar-refractivity contribution in [3.8, 4) is 0 Å². The lowest BCUT2D eigenvalue weighted by Gasteiger charge is -2.03. The number of benzene rings is 3. The second-order valence-corrected chi connectivity index (χ2v) is 6.62. The molecule has 0 aliphatic heterocycles. The molecular formula is C16H12Cl2N2O3S. The molecule has 24 heavy (non-hydrogen) atoms. The fourth-order valence-corrected chi connectivity index (χ4v) is 2.87. The summed E-state index contributed by atoms with van der Waals surface area (Å²) in [4.78, 5) is -0.238. The summed E-state index contributed by atoms with van der Waals surface area (Å²) in [7, 11) is -4.28. The van der Waals surface area contributed by atoms with Crippen LogP contribution in [0.2, 0.25) is 5.02 Å². The summed E-state index contributed by atoms with van der Waals surface area (Å²) in [6.07, 6.45) is 0. The zero-order valence-corrected chi connectivity index (χ0v) is 14.5. The summed E-state index contributed by atoms with van der Waals surface area (Å²) >= 11 is 6.18. The molecule has 0 radical (unpaired) electrons. The highest BCUT2D eigenvalue weighted by molar-refractivity contribution is 7.85. The summed E-state index contributed by atoms with van der Waals surface area (Å²) in [5, 5.41) is 10.4. The molecule has 0 aliphatic rings. The number of nitrogens with zero attached hydrogens (tertiary/aromatic N) is 2. The summed E-state index contributed by atoms with van der Waals surface area (Å²) in [5.41, 5.74) is 0.797. The SMILES string of the molecule is Cl.O=S(=O)(O)c1cccc(N=Nc2c(Cl)ccc3ccccc23)c1. The van der Waals surface area contributed by atoms with Crippen molar-refractivity contribution < 1.29 is 13.0 Å². The van der Waals surface area contributed by atoms with E-state index in [2.05, 4.69) is 10.2 Å². The Morgan fingerprint density at radius 2 is 1.67 bits per heavy atom. The minimum Gasteiger partial charge on any atom is -0.282 e. The molecule has 0 fully saturated rings. The Morgan fingerprint density at radius 3 is 2.42 bits per heavy atom. The zero-order valence-electron chi connectivity index (χ0n) is 12.1. The summed E-state index contributed by atoms with van der Waals surface area (Å²) in [5.74, 6) is 0. The van der Waals surface area contributed by atoms with Crippen molar-refractivity contribution in [3.05, 3.63) is 65.7 Å². The molecule has 5 nitrogen and oxygen atoms in total. The predicted octanol–water partition coefficient (Wildman–Crippen LogP) is 5.58. The highest BCUT2D eigenvalue weighted by Gasteiger charge is 2.10. The van der Waals surface area contributed by atoms with Gasteiger partial charge in [0.2, 0.25) is 0 Å². The van der Waals surface area contributed by atoms with E-state index in [4.69, 9.17) is 16.2 Å². The van der Waals surface area contributed by atoms with Crippen molar-refractivity contribution >= 4 is 56.3 Å². The molecule has 0 unspecified atom stereocenters. The molecule has 1 N–H and O–H groups in total. The van der Waals surface area contributed by atoms with E-state index in [0.717, 1.165) is 10.8 Å². The molecular weight excluding hydrogens is 371 g/mol. The Morgan fingerprint density at radius 1 is 0.917 bits per heavy atom. The predicted molar refractivity (Wildman–Crippen MR) is 96.6 cm³/mol. The second-order valence-electron chi connectivity index (χ2n) is 4.79. The minimum atomic E-state index is -4.28. The van der Waals surface area contributed by atoms with Gasteiger partial charge in [-0.25, -0.2) is 0 Å². The van der Waals surface area contributed by atoms with Gasteiger partial charge < -0.3 is 0 Å². The second kappa shape index (κ2) is 7.27. The number of fused-ring (bicyclic) bond motifs is 1. The normalized spacial score (nSPS) is 11.6. The third-order valence-corrected chi connectivity index (χ3v) is 4.39. The maximum absolute atomic E-state index is 11.2. The number of rotatable bonds is 3. The van der Waals surface area contributed by atoms with E-state index in [1.165, 1.54) is 18.2 Å². The highest BCUT2D eigenvalue weighted by Crippen LogP contribution is 2.34. The number of hydrogen-bond donors (Lipinski definition) is 1. The molecule has 0 atom stereocenters. The molecule has 3 rings (SSSR count). The van der Waals surface area contributed by atoms with E-state index >= 15 is 0 Å². The van der Waals surface area contributed by atoms with Gasteiger partial charge in [0.05, 0.1) is 15.6 Å². The lowest BCUT2D eigenvalue weighted by Crippen LogP contribution is -1.96. The molecule has 0 aliphatic carbocycles. The third-order valence-electron chi connectivity index (χ3n) is 3.23. The van der Waals surface area contributed by atoms with E-state index in [-0.39, 0.29) is 17.3 Å². The Hall–Kier alpha value is -1.99. The van der Waals surface area contributed by atoms with Crippen molar-refractivity contribution in [1.82, 2.24) is 0 Å². The molecule has 0 amide bonds. The van der Waals surface area contributed by atoms with Crippen LogP contribution in [0.5, 0.6) is 0 Å². The first-order valence-corrected chi connectivity index (χ1v) is 8.43. The Bertz CT molecular complexity index is 1020. The van der Waals surface area contributed by atoms with Crippen LogP contribution in [-0.4, -0.2) is 13.0 Å². The molecule has 0 saturated heterocycles. The van der Waals surface area contributed by atoms with E-state index in [0.29, 0.717) is 16.4 Å². The molecule has 3 aromatic carbocycles. The molecule has 0 aromatic heterocycles. The average molecular weight is 383 g/mol. The summed E-state index contributed by atoms with van der Waals surface area (Å²) in [6.45, 7) is 0. The van der Waals surface area contributed by atoms with E-state index in [9.17, 15) is 8.42 Å². The number of halogens is 2. The van der Waals surface area contributed by atoms with Gasteiger partial charge in [0.15, 0.2) is 0 Å². The quantitative estimate of drug-likeness (QED) is 0.474. The molecule has 0 spiro atoms. The maximum Gasteiger partial charge on any atom is 0.294 e. The Kier molecular flexibility index (Phi) is 5.56. The van der Waals surface area contributed by atoms with Gasteiger partial charge in [-0.1, -0.05) is 48.0 Å². The standard InChI is InChI=1S/C16H11ClN2O3S.ClH/c17-15-9-8-11-4-1-2-7-14(11)16(15)19-18-12-5-3-6-13(10-12)23(20,21)22;/h1-10H,(H,20,21,22);1H. The van der Waals surface area contributed by atoms with Crippen molar-refractivity contribution in [1.29, 1.82) is 0 Å². The van der Waals surface area contributed by atoms with Crippen LogP contribution in [0.25, 0.3) is 10.8 Å². The van der Waals surface area contributed by atoms with Crippen molar-refractivity contribution in [2.45, 2.75) is 4.90 Å². The topological polar surface area (TPSA) is 79.1 Å². The first-order chi connectivity index (χ1) is 10.9. The molecule has 0 saturated carbocycles. The van der Waals surface area contributed by atoms with Gasteiger partial charge in [-0.15, -0.1) is 17.5 Å². The van der Waals surface area contributed by atoms with Crippen LogP contribution < -0.4 is 0 Å². The Labute approximate surface area is 150 Å². The lowest BCUT2D eigenvalue weighted by molar-refractivity contribution is 0.483. The number of azo groups is 1. The minimum absolute atomic E-state index is 0. The summed E-state index contributed by atoms with van der Waals surface area (Å²) in [6, 6.07) is 16.8. The Balaban J connectivity index is 0.00000208. The average Bonchev–Trinajstić information content (AvgIpc) is 2.53. The zero-order chi connectivity index (χ0) is 16.4. The van der Waals surface area contributed by atoms with Crippen molar-refractivity contribution in [2.75, 3.05) is 0 Å². The largest absolute Gasteiger partial charge is 0.294 e. The van der Waals surface area contributed by atoms with Gasteiger partial charge in [0.1, 0.15) is 5.69 Å². The van der Waals surface area contributed by atoms with Crippen LogP contribution in [0.4, 0.5) is 11.4 Å². The van der Waals surface area contributed by atoms with Crippen LogP contribution in [0.1, 0.15) is 0 Å². The summed E-state index contributed by atoms with van der Waals surface area (Å²) < 4.78 is 31.4. The molecule has 124 valence electrons. The van der Waals surface area contributed by atoms with Gasteiger partial charge in [-0.05, 0) is 29.7 Å². The van der Waals surface area contributed by atoms with Crippen LogP contribution in [0, 0.1) is 0 Å². The lowest BCUT2D eigenvalue weighted by atomic mass is 10.1. The van der Waals surface area contributed by atoms with Crippen LogP contribution >= 0.6 is 24.0 Å². The van der Waals surface area contributed by atoms with E-state index in [1.807, 2.05) is 30.3 Å². The molecule has 0 bridgehead atoms. The molecule has 3 aromatic rings. The monoisotopic (exact) mass is 382 g/mol. The molecule has 8 heteroatoms.